The van der Waals surface area contributed by atoms with E-state index in [0.717, 1.165) is 0 Å². The van der Waals surface area contributed by atoms with Gasteiger partial charge in [-0.1, -0.05) is 5.10 Å². The number of Topliss-reactive ketones (excluding diaryl/α,β-unsaturated/α-hetero) is 1. The molecule has 7 nitrogen and oxygen atoms in total. The van der Waals surface area contributed by atoms with Gasteiger partial charge < -0.3 is 0 Å². The first-order chi connectivity index (χ1) is 5.70. The molecule has 0 bridgehead atoms. The summed E-state index contributed by atoms with van der Waals surface area (Å²) in [6.45, 7) is 3.02. The summed E-state index contributed by atoms with van der Waals surface area (Å²) in [5.74, 6) is 0.126. The standard InChI is InChI=1S/C5H8N6O/c1-3(4(2)12)6-7-5-8-10-11-9-5/h1-2H3,(H2,7,8,9,10,11)/b6-3+. The minimum absolute atomic E-state index is 0.106. The molecule has 0 saturated carbocycles. The van der Waals surface area contributed by atoms with Crippen LogP contribution in [0.2, 0.25) is 0 Å². The van der Waals surface area contributed by atoms with E-state index in [9.17, 15) is 4.79 Å². The summed E-state index contributed by atoms with van der Waals surface area (Å²) in [5, 5.41) is 16.4. The average molecular weight is 168 g/mol. The van der Waals surface area contributed by atoms with E-state index in [0.29, 0.717) is 5.71 Å². The van der Waals surface area contributed by atoms with Crippen LogP contribution in [0, 0.1) is 0 Å². The number of hydrogen-bond acceptors (Lipinski definition) is 6. The maximum Gasteiger partial charge on any atom is 0.283 e. The molecule has 0 aliphatic heterocycles. The maximum atomic E-state index is 10.7. The van der Waals surface area contributed by atoms with Gasteiger partial charge >= 0.3 is 0 Å². The van der Waals surface area contributed by atoms with E-state index in [1.165, 1.54) is 6.92 Å². The fraction of sp³-hybridized carbons (Fsp3) is 0.400. The SMILES string of the molecule is CC(=O)/C(C)=N/Nc1nn[nH]n1. The number of hydrazone groups is 1. The Labute approximate surface area is 68.2 Å². The zero-order chi connectivity index (χ0) is 8.97. The fourth-order valence-electron chi connectivity index (χ4n) is 0.422. The number of nitrogens with one attached hydrogen (secondary N) is 2. The van der Waals surface area contributed by atoms with Gasteiger partial charge in [0, 0.05) is 6.92 Å². The zero-order valence-electron chi connectivity index (χ0n) is 6.70. The van der Waals surface area contributed by atoms with Crippen LogP contribution in [0.5, 0.6) is 0 Å². The Kier molecular flexibility index (Phi) is 2.46. The van der Waals surface area contributed by atoms with Crippen LogP contribution in [0.1, 0.15) is 13.8 Å². The maximum absolute atomic E-state index is 10.7. The highest BCUT2D eigenvalue weighted by atomic mass is 16.1. The molecule has 0 saturated heterocycles. The van der Waals surface area contributed by atoms with Crippen LogP contribution in [0.3, 0.4) is 0 Å². The topological polar surface area (TPSA) is 95.9 Å². The summed E-state index contributed by atoms with van der Waals surface area (Å²) in [5.41, 5.74) is 2.82. The number of H-pyrrole nitrogens is 1. The molecule has 0 amide bonds. The zero-order valence-corrected chi connectivity index (χ0v) is 6.70. The van der Waals surface area contributed by atoms with Gasteiger partial charge in [0.05, 0.1) is 0 Å². The van der Waals surface area contributed by atoms with Crippen molar-refractivity contribution in [3.05, 3.63) is 0 Å². The molecule has 1 aromatic rings. The van der Waals surface area contributed by atoms with Crippen molar-refractivity contribution >= 4 is 17.4 Å². The van der Waals surface area contributed by atoms with E-state index < -0.39 is 0 Å². The van der Waals surface area contributed by atoms with Crippen LogP contribution in [0.15, 0.2) is 5.10 Å². The molecule has 1 rings (SSSR count). The van der Waals surface area contributed by atoms with Crippen LogP contribution in [0.25, 0.3) is 0 Å². The average Bonchev–Trinajstić information content (AvgIpc) is 2.51. The second-order valence-corrected chi connectivity index (χ2v) is 2.10. The van der Waals surface area contributed by atoms with Crippen molar-refractivity contribution in [1.82, 2.24) is 20.6 Å². The molecular weight excluding hydrogens is 160 g/mol. The molecule has 2 N–H and O–H groups in total. The van der Waals surface area contributed by atoms with Gasteiger partial charge in [-0.25, -0.2) is 5.43 Å². The predicted molar refractivity (Wildman–Crippen MR) is 41.6 cm³/mol. The number of nitrogens with zero attached hydrogens (tertiary/aromatic N) is 4. The molecule has 64 valence electrons. The van der Waals surface area contributed by atoms with Crippen LogP contribution in [-0.4, -0.2) is 32.1 Å². The van der Waals surface area contributed by atoms with Crippen molar-refractivity contribution in [3.8, 4) is 0 Å². The Morgan fingerprint density at radius 3 is 2.83 bits per heavy atom. The quantitative estimate of drug-likeness (QED) is 0.472. The van der Waals surface area contributed by atoms with E-state index in [-0.39, 0.29) is 11.7 Å². The lowest BCUT2D eigenvalue weighted by Gasteiger charge is -1.92. The summed E-state index contributed by atoms with van der Waals surface area (Å²) in [7, 11) is 0. The smallest absolute Gasteiger partial charge is 0.283 e. The summed E-state index contributed by atoms with van der Waals surface area (Å²) in [6, 6.07) is 0. The molecule has 0 aromatic carbocycles. The molecule has 0 atom stereocenters. The van der Waals surface area contributed by atoms with Crippen LogP contribution < -0.4 is 5.43 Å². The van der Waals surface area contributed by atoms with Gasteiger partial charge in [0.2, 0.25) is 0 Å². The Hall–Kier alpha value is -1.79. The third kappa shape index (κ3) is 2.11. The predicted octanol–water partition coefficient (Wildman–Crippen LogP) is -0.424. The molecule has 7 heteroatoms. The van der Waals surface area contributed by atoms with Crippen molar-refractivity contribution in [2.45, 2.75) is 13.8 Å². The Balaban J connectivity index is 2.55. The first-order valence-electron chi connectivity index (χ1n) is 3.25. The Morgan fingerprint density at radius 2 is 2.33 bits per heavy atom. The second kappa shape index (κ2) is 3.56. The largest absolute Gasteiger partial charge is 0.293 e. The third-order valence-corrected chi connectivity index (χ3v) is 1.18. The molecule has 0 fully saturated rings. The molecule has 0 radical (unpaired) electrons. The lowest BCUT2D eigenvalue weighted by atomic mass is 10.3. The molecule has 0 aliphatic carbocycles. The number of rotatable bonds is 3. The highest BCUT2D eigenvalue weighted by Gasteiger charge is 1.98. The number of anilines is 1. The van der Waals surface area contributed by atoms with E-state index in [4.69, 9.17) is 0 Å². The molecule has 12 heavy (non-hydrogen) atoms. The van der Waals surface area contributed by atoms with Crippen molar-refractivity contribution < 1.29 is 4.79 Å². The number of carbonyl (C=O) groups is 1. The van der Waals surface area contributed by atoms with Gasteiger partial charge in [0.1, 0.15) is 5.71 Å². The van der Waals surface area contributed by atoms with Crippen LogP contribution >= 0.6 is 0 Å². The van der Waals surface area contributed by atoms with E-state index in [1.807, 2.05) is 0 Å². The van der Waals surface area contributed by atoms with Crippen molar-refractivity contribution in [3.63, 3.8) is 0 Å². The van der Waals surface area contributed by atoms with Crippen molar-refractivity contribution in [1.29, 1.82) is 0 Å². The Bertz CT molecular complexity index is 289. The van der Waals surface area contributed by atoms with Gasteiger partial charge in [0.25, 0.3) is 5.95 Å². The lowest BCUT2D eigenvalue weighted by Crippen LogP contribution is -2.07. The number of aromatic nitrogens is 4. The van der Waals surface area contributed by atoms with E-state index in [1.54, 1.807) is 6.92 Å². The Morgan fingerprint density at radius 1 is 1.58 bits per heavy atom. The molecule has 0 unspecified atom stereocenters. The molecular formula is C5H8N6O. The first kappa shape index (κ1) is 8.31. The van der Waals surface area contributed by atoms with E-state index >= 15 is 0 Å². The summed E-state index contributed by atoms with van der Waals surface area (Å²) < 4.78 is 0. The van der Waals surface area contributed by atoms with Gasteiger partial charge in [-0.05, 0) is 12.1 Å². The molecule has 0 aliphatic rings. The fourth-order valence-corrected chi connectivity index (χ4v) is 0.422. The van der Waals surface area contributed by atoms with Gasteiger partial charge in [-0.3, -0.25) is 4.79 Å². The van der Waals surface area contributed by atoms with Crippen molar-refractivity contribution in [2.24, 2.45) is 5.10 Å². The summed E-state index contributed by atoms with van der Waals surface area (Å²) >= 11 is 0. The normalized spacial score (nSPS) is 11.3. The number of carbonyl (C=O) groups excluding carboxylic acids is 1. The van der Waals surface area contributed by atoms with Crippen LogP contribution in [0.4, 0.5) is 5.95 Å². The highest BCUT2D eigenvalue weighted by molar-refractivity contribution is 6.38. The summed E-state index contributed by atoms with van der Waals surface area (Å²) in [4.78, 5) is 10.7. The second-order valence-electron chi connectivity index (χ2n) is 2.10. The van der Waals surface area contributed by atoms with Gasteiger partial charge in [-0.15, -0.1) is 5.10 Å². The highest BCUT2D eigenvalue weighted by Crippen LogP contribution is 1.90. The van der Waals surface area contributed by atoms with Gasteiger partial charge in [-0.2, -0.15) is 10.3 Å². The number of aromatic amines is 1. The van der Waals surface area contributed by atoms with Gasteiger partial charge in [0.15, 0.2) is 5.78 Å². The van der Waals surface area contributed by atoms with E-state index in [2.05, 4.69) is 31.2 Å². The number of hydrogen-bond donors (Lipinski definition) is 2. The number of tetrazole rings is 1. The molecule has 1 heterocycles. The minimum Gasteiger partial charge on any atom is -0.293 e. The lowest BCUT2D eigenvalue weighted by molar-refractivity contribution is -0.111. The molecule has 0 spiro atoms. The number of ketones is 1. The van der Waals surface area contributed by atoms with Crippen molar-refractivity contribution in [2.75, 3.05) is 5.43 Å². The minimum atomic E-state index is -0.106. The summed E-state index contributed by atoms with van der Waals surface area (Å²) in [6.07, 6.45) is 0. The monoisotopic (exact) mass is 168 g/mol. The molecule has 1 aromatic heterocycles. The first-order valence-corrected chi connectivity index (χ1v) is 3.25. The third-order valence-electron chi connectivity index (χ3n) is 1.18. The van der Waals surface area contributed by atoms with Crippen LogP contribution in [-0.2, 0) is 4.79 Å².